The second-order valence-electron chi connectivity index (χ2n) is 5.65. The van der Waals surface area contributed by atoms with Gasteiger partial charge >= 0.3 is 0 Å². The van der Waals surface area contributed by atoms with Crippen LogP contribution < -0.4 is 4.74 Å². The molecule has 3 rings (SSSR count). The minimum absolute atomic E-state index is 0.0365. The number of nitrogens with zero attached hydrogens (tertiary/aromatic N) is 3. The number of benzene rings is 1. The number of carbonyl (C=O) groups is 1. The number of rotatable bonds is 7. The van der Waals surface area contributed by atoms with Gasteiger partial charge < -0.3 is 9.64 Å². The largest absolute Gasteiger partial charge is 0.492 e. The van der Waals surface area contributed by atoms with Gasteiger partial charge in [-0.15, -0.1) is 11.3 Å². The van der Waals surface area contributed by atoms with Crippen molar-refractivity contribution in [1.29, 1.82) is 0 Å². The number of hydrogen-bond donors (Lipinski definition) is 0. The third-order valence-electron chi connectivity index (χ3n) is 3.70. The summed E-state index contributed by atoms with van der Waals surface area (Å²) >= 11 is 1.47. The van der Waals surface area contributed by atoms with Gasteiger partial charge in [0.1, 0.15) is 23.2 Å². The monoisotopic (exact) mass is 371 g/mol. The molecule has 26 heavy (non-hydrogen) atoms. The molecule has 2 aromatic heterocycles. The molecule has 0 bridgehead atoms. The Labute approximate surface area is 155 Å². The Morgan fingerprint density at radius 2 is 2.04 bits per heavy atom. The van der Waals surface area contributed by atoms with Gasteiger partial charge in [0.15, 0.2) is 0 Å². The summed E-state index contributed by atoms with van der Waals surface area (Å²) in [6, 6.07) is 11.5. The topological polar surface area (TPSA) is 55.3 Å². The van der Waals surface area contributed by atoms with Crippen molar-refractivity contribution in [3.05, 3.63) is 65.6 Å². The molecule has 0 spiro atoms. The van der Waals surface area contributed by atoms with Crippen LogP contribution in [0.25, 0.3) is 10.7 Å². The van der Waals surface area contributed by atoms with Crippen LogP contribution in [0.5, 0.6) is 5.75 Å². The van der Waals surface area contributed by atoms with E-state index in [-0.39, 0.29) is 18.1 Å². The molecule has 1 amide bonds. The summed E-state index contributed by atoms with van der Waals surface area (Å²) in [5, 5.41) is 2.68. The number of amides is 1. The number of ether oxygens (including phenoxy) is 1. The van der Waals surface area contributed by atoms with Gasteiger partial charge in [0, 0.05) is 18.6 Å². The Morgan fingerprint density at radius 1 is 1.23 bits per heavy atom. The van der Waals surface area contributed by atoms with E-state index in [1.807, 2.05) is 23.6 Å². The van der Waals surface area contributed by atoms with Gasteiger partial charge in [-0.1, -0.05) is 6.07 Å². The lowest BCUT2D eigenvalue weighted by Gasteiger charge is -2.17. The maximum Gasteiger partial charge on any atom is 0.228 e. The Hall–Kier alpha value is -2.80. The zero-order chi connectivity index (χ0) is 18.4. The Kier molecular flexibility index (Phi) is 5.91. The number of pyridine rings is 1. The summed E-state index contributed by atoms with van der Waals surface area (Å²) in [4.78, 5) is 22.7. The third-order valence-corrected chi connectivity index (χ3v) is 4.62. The number of aromatic nitrogens is 2. The normalized spacial score (nSPS) is 10.5. The predicted octanol–water partition coefficient (Wildman–Crippen LogP) is 3.42. The van der Waals surface area contributed by atoms with Crippen molar-refractivity contribution >= 4 is 17.2 Å². The van der Waals surface area contributed by atoms with E-state index in [2.05, 4.69) is 9.97 Å². The number of likely N-dealkylation sites (N-methyl/N-ethyl adjacent to an activating group) is 1. The van der Waals surface area contributed by atoms with Crippen LogP contribution in [0, 0.1) is 5.82 Å². The molecule has 0 aliphatic rings. The first-order valence-corrected chi connectivity index (χ1v) is 8.98. The molecule has 0 unspecified atom stereocenters. The van der Waals surface area contributed by atoms with Crippen molar-refractivity contribution in [3.8, 4) is 16.5 Å². The zero-order valence-electron chi connectivity index (χ0n) is 14.3. The van der Waals surface area contributed by atoms with Crippen molar-refractivity contribution in [2.24, 2.45) is 0 Å². The van der Waals surface area contributed by atoms with E-state index in [4.69, 9.17) is 4.74 Å². The third kappa shape index (κ3) is 4.86. The van der Waals surface area contributed by atoms with Crippen LogP contribution in [-0.4, -0.2) is 41.0 Å². The minimum Gasteiger partial charge on any atom is -0.492 e. The van der Waals surface area contributed by atoms with Crippen LogP contribution in [0.15, 0.2) is 54.0 Å². The first-order chi connectivity index (χ1) is 12.6. The van der Waals surface area contributed by atoms with Gasteiger partial charge in [0.2, 0.25) is 5.91 Å². The van der Waals surface area contributed by atoms with E-state index in [1.165, 1.54) is 23.5 Å². The summed E-state index contributed by atoms with van der Waals surface area (Å²) in [5.74, 6) is 0.232. The number of hydrogen-bond acceptors (Lipinski definition) is 5. The smallest absolute Gasteiger partial charge is 0.228 e. The van der Waals surface area contributed by atoms with Crippen LogP contribution in [0.3, 0.4) is 0 Å². The fourth-order valence-corrected chi connectivity index (χ4v) is 3.04. The Bertz CT molecular complexity index is 853. The van der Waals surface area contributed by atoms with Gasteiger partial charge in [-0.25, -0.2) is 9.37 Å². The molecule has 1 aromatic carbocycles. The molecule has 0 atom stereocenters. The van der Waals surface area contributed by atoms with Gasteiger partial charge in [0.25, 0.3) is 0 Å². The standard InChI is InChI=1S/C19H18FN3O2S/c1-23(10-11-25-16-7-5-14(20)6-8-16)18(24)12-15-13-26-19(22-15)17-4-2-3-9-21-17/h2-9,13H,10-12H2,1H3. The maximum absolute atomic E-state index is 12.8. The van der Waals surface area contributed by atoms with Gasteiger partial charge in [0.05, 0.1) is 24.4 Å². The molecule has 0 saturated heterocycles. The van der Waals surface area contributed by atoms with E-state index in [0.29, 0.717) is 18.9 Å². The van der Waals surface area contributed by atoms with Crippen molar-refractivity contribution in [1.82, 2.24) is 14.9 Å². The second-order valence-corrected chi connectivity index (χ2v) is 6.51. The molecule has 5 nitrogen and oxygen atoms in total. The summed E-state index contributed by atoms with van der Waals surface area (Å²) in [5.41, 5.74) is 1.53. The van der Waals surface area contributed by atoms with Gasteiger partial charge in [-0.2, -0.15) is 0 Å². The SMILES string of the molecule is CN(CCOc1ccc(F)cc1)C(=O)Cc1csc(-c2ccccn2)n1. The Balaban J connectivity index is 1.48. The van der Waals surface area contributed by atoms with Crippen LogP contribution >= 0.6 is 11.3 Å². The van der Waals surface area contributed by atoms with E-state index in [1.54, 1.807) is 30.3 Å². The van der Waals surface area contributed by atoms with E-state index in [0.717, 1.165) is 16.4 Å². The molecule has 3 aromatic rings. The first-order valence-electron chi connectivity index (χ1n) is 8.10. The lowest BCUT2D eigenvalue weighted by Crippen LogP contribution is -2.32. The molecule has 0 radical (unpaired) electrons. The summed E-state index contributed by atoms with van der Waals surface area (Å²) in [6.07, 6.45) is 1.95. The van der Waals surface area contributed by atoms with Crippen molar-refractivity contribution in [2.45, 2.75) is 6.42 Å². The highest BCUT2D eigenvalue weighted by molar-refractivity contribution is 7.13. The van der Waals surface area contributed by atoms with Crippen LogP contribution in [-0.2, 0) is 11.2 Å². The Morgan fingerprint density at radius 3 is 2.77 bits per heavy atom. The van der Waals surface area contributed by atoms with E-state index in [9.17, 15) is 9.18 Å². The molecular weight excluding hydrogens is 353 g/mol. The molecule has 0 saturated carbocycles. The van der Waals surface area contributed by atoms with Crippen molar-refractivity contribution in [3.63, 3.8) is 0 Å². The molecule has 0 fully saturated rings. The molecule has 0 N–H and O–H groups in total. The lowest BCUT2D eigenvalue weighted by molar-refractivity contribution is -0.129. The molecule has 0 aliphatic carbocycles. The number of thiazole rings is 1. The molecule has 134 valence electrons. The van der Waals surface area contributed by atoms with Gasteiger partial charge in [-0.05, 0) is 36.4 Å². The highest BCUT2D eigenvalue weighted by Crippen LogP contribution is 2.21. The fourth-order valence-electron chi connectivity index (χ4n) is 2.24. The molecule has 7 heteroatoms. The predicted molar refractivity (Wildman–Crippen MR) is 98.6 cm³/mol. The molecular formula is C19H18FN3O2S. The summed E-state index contributed by atoms with van der Waals surface area (Å²) in [7, 11) is 1.72. The number of halogens is 1. The molecule has 0 aliphatic heterocycles. The van der Waals surface area contributed by atoms with Crippen LogP contribution in [0.4, 0.5) is 4.39 Å². The van der Waals surface area contributed by atoms with E-state index < -0.39 is 0 Å². The van der Waals surface area contributed by atoms with Gasteiger partial charge in [-0.3, -0.25) is 9.78 Å². The molecule has 2 heterocycles. The highest BCUT2D eigenvalue weighted by atomic mass is 32.1. The summed E-state index contributed by atoms with van der Waals surface area (Å²) in [6.45, 7) is 0.775. The average molecular weight is 371 g/mol. The minimum atomic E-state index is -0.307. The van der Waals surface area contributed by atoms with Crippen LogP contribution in [0.2, 0.25) is 0 Å². The van der Waals surface area contributed by atoms with Crippen molar-refractivity contribution < 1.29 is 13.9 Å². The zero-order valence-corrected chi connectivity index (χ0v) is 15.1. The fraction of sp³-hybridized carbons (Fsp3) is 0.211. The average Bonchev–Trinajstić information content (AvgIpc) is 3.12. The highest BCUT2D eigenvalue weighted by Gasteiger charge is 2.13. The maximum atomic E-state index is 12.8. The van der Waals surface area contributed by atoms with E-state index >= 15 is 0 Å². The van der Waals surface area contributed by atoms with Crippen molar-refractivity contribution in [2.75, 3.05) is 20.2 Å². The van der Waals surface area contributed by atoms with Crippen LogP contribution in [0.1, 0.15) is 5.69 Å². The number of carbonyl (C=O) groups excluding carboxylic acids is 1. The quantitative estimate of drug-likeness (QED) is 0.639. The summed E-state index contributed by atoms with van der Waals surface area (Å²) < 4.78 is 18.4. The first kappa shape index (κ1) is 18.0. The second kappa shape index (κ2) is 8.53. The lowest BCUT2D eigenvalue weighted by atomic mass is 10.3.